The zero-order chi connectivity index (χ0) is 22.4. The Kier molecular flexibility index (Phi) is 8.19. The standard InChI is InChI=1S/C19H24F3NO6/c1-18(2,3)29-14(24)10-9-13(17(27)28-4)23-16(26)15(25)11-5-7-12(8-6-11)19(20,21)22/h5-8,13,15,25H,9-10H2,1-4H3,(H,23,26)/t13-,15-/m0/s1. The van der Waals surface area contributed by atoms with E-state index < -0.39 is 47.3 Å². The second-order valence-corrected chi connectivity index (χ2v) is 7.23. The van der Waals surface area contributed by atoms with Gasteiger partial charge in [-0.25, -0.2) is 4.79 Å². The first-order chi connectivity index (χ1) is 13.2. The number of esters is 2. The highest BCUT2D eigenvalue weighted by atomic mass is 19.4. The van der Waals surface area contributed by atoms with Crippen LogP contribution in [0.4, 0.5) is 13.2 Å². The van der Waals surface area contributed by atoms with E-state index in [0.29, 0.717) is 0 Å². The van der Waals surface area contributed by atoms with Gasteiger partial charge in [-0.1, -0.05) is 12.1 Å². The second kappa shape index (κ2) is 9.73. The van der Waals surface area contributed by atoms with Gasteiger partial charge in [-0.3, -0.25) is 9.59 Å². The number of rotatable bonds is 7. The highest BCUT2D eigenvalue weighted by Crippen LogP contribution is 2.30. The largest absolute Gasteiger partial charge is 0.467 e. The molecule has 0 aromatic heterocycles. The maximum Gasteiger partial charge on any atom is 0.416 e. The highest BCUT2D eigenvalue weighted by Gasteiger charge is 2.31. The van der Waals surface area contributed by atoms with Crippen LogP contribution in [0.2, 0.25) is 0 Å². The van der Waals surface area contributed by atoms with Gasteiger partial charge in [0.2, 0.25) is 0 Å². The number of alkyl halides is 3. The summed E-state index contributed by atoms with van der Waals surface area (Å²) in [6, 6.07) is 2.13. The van der Waals surface area contributed by atoms with Crippen molar-refractivity contribution in [1.29, 1.82) is 0 Å². The van der Waals surface area contributed by atoms with E-state index in [1.54, 1.807) is 20.8 Å². The number of carbonyl (C=O) groups is 3. The molecule has 0 spiro atoms. The minimum Gasteiger partial charge on any atom is -0.467 e. The summed E-state index contributed by atoms with van der Waals surface area (Å²) in [4.78, 5) is 35.9. The molecule has 2 atom stereocenters. The van der Waals surface area contributed by atoms with Crippen molar-refractivity contribution in [2.75, 3.05) is 7.11 Å². The molecule has 29 heavy (non-hydrogen) atoms. The molecule has 0 aliphatic carbocycles. The molecule has 0 saturated carbocycles. The first-order valence-electron chi connectivity index (χ1n) is 8.70. The molecule has 7 nitrogen and oxygen atoms in total. The molecule has 0 bridgehead atoms. The summed E-state index contributed by atoms with van der Waals surface area (Å²) in [5.41, 5.74) is -1.75. The molecule has 0 fully saturated rings. The predicted molar refractivity (Wildman–Crippen MR) is 95.4 cm³/mol. The normalized spacial score (nSPS) is 13.9. The van der Waals surface area contributed by atoms with E-state index in [1.807, 2.05) is 0 Å². The fourth-order valence-corrected chi connectivity index (χ4v) is 2.30. The summed E-state index contributed by atoms with van der Waals surface area (Å²) in [5, 5.41) is 12.3. The van der Waals surface area contributed by atoms with E-state index in [4.69, 9.17) is 4.74 Å². The number of aliphatic hydroxyl groups is 1. The van der Waals surface area contributed by atoms with E-state index in [9.17, 15) is 32.7 Å². The van der Waals surface area contributed by atoms with Crippen molar-refractivity contribution >= 4 is 17.8 Å². The first kappa shape index (κ1) is 24.4. The van der Waals surface area contributed by atoms with Crippen LogP contribution in [0.25, 0.3) is 0 Å². The SMILES string of the molecule is COC(=O)[C@H](CCC(=O)OC(C)(C)C)NC(=O)[C@@H](O)c1ccc(C(F)(F)F)cc1. The fraction of sp³-hybridized carbons (Fsp3) is 0.526. The lowest BCUT2D eigenvalue weighted by Gasteiger charge is -2.21. The van der Waals surface area contributed by atoms with Gasteiger partial charge in [-0.2, -0.15) is 13.2 Å². The summed E-state index contributed by atoms with van der Waals surface area (Å²) in [6.07, 6.45) is -6.71. The number of amides is 1. The quantitative estimate of drug-likeness (QED) is 0.659. The molecule has 0 heterocycles. The average molecular weight is 419 g/mol. The zero-order valence-electron chi connectivity index (χ0n) is 16.5. The van der Waals surface area contributed by atoms with Gasteiger partial charge in [0.05, 0.1) is 12.7 Å². The van der Waals surface area contributed by atoms with Crippen LogP contribution in [0.3, 0.4) is 0 Å². The van der Waals surface area contributed by atoms with Gasteiger partial charge < -0.3 is 19.9 Å². The number of carbonyl (C=O) groups excluding carboxylic acids is 3. The maximum atomic E-state index is 12.6. The predicted octanol–water partition coefficient (Wildman–Crippen LogP) is 2.52. The molecule has 162 valence electrons. The van der Waals surface area contributed by atoms with Gasteiger partial charge in [0.25, 0.3) is 5.91 Å². The minimum atomic E-state index is -4.55. The van der Waals surface area contributed by atoms with Crippen LogP contribution in [0.1, 0.15) is 50.8 Å². The van der Waals surface area contributed by atoms with Crippen molar-refractivity contribution in [3.63, 3.8) is 0 Å². The van der Waals surface area contributed by atoms with E-state index >= 15 is 0 Å². The van der Waals surface area contributed by atoms with Crippen molar-refractivity contribution in [2.45, 2.75) is 57.5 Å². The number of halogens is 3. The van der Waals surface area contributed by atoms with Gasteiger partial charge in [0.1, 0.15) is 11.6 Å². The van der Waals surface area contributed by atoms with E-state index in [1.165, 1.54) is 0 Å². The Balaban J connectivity index is 2.79. The molecule has 10 heteroatoms. The van der Waals surface area contributed by atoms with Crippen molar-refractivity contribution in [2.24, 2.45) is 0 Å². The van der Waals surface area contributed by atoms with Crippen LogP contribution in [0.15, 0.2) is 24.3 Å². The number of hydrogen-bond acceptors (Lipinski definition) is 6. The Morgan fingerprint density at radius 2 is 1.66 bits per heavy atom. The molecule has 0 unspecified atom stereocenters. The summed E-state index contributed by atoms with van der Waals surface area (Å²) in [5.74, 6) is -2.46. The third-order valence-corrected chi connectivity index (χ3v) is 3.66. The molecule has 2 N–H and O–H groups in total. The summed E-state index contributed by atoms with van der Waals surface area (Å²) < 4.78 is 47.5. The molecule has 0 saturated heterocycles. The van der Waals surface area contributed by atoms with Crippen LogP contribution >= 0.6 is 0 Å². The zero-order valence-corrected chi connectivity index (χ0v) is 16.5. The van der Waals surface area contributed by atoms with Crippen LogP contribution in [0, 0.1) is 0 Å². The van der Waals surface area contributed by atoms with Gasteiger partial charge >= 0.3 is 18.1 Å². The molecule has 1 rings (SSSR count). The van der Waals surface area contributed by atoms with Crippen molar-refractivity contribution < 1.29 is 42.1 Å². The van der Waals surface area contributed by atoms with Crippen LogP contribution in [0.5, 0.6) is 0 Å². The Morgan fingerprint density at radius 1 is 1.10 bits per heavy atom. The fourth-order valence-electron chi connectivity index (χ4n) is 2.30. The molecular formula is C19H24F3NO6. The van der Waals surface area contributed by atoms with Gasteiger partial charge in [0, 0.05) is 6.42 Å². The third kappa shape index (κ3) is 8.10. The van der Waals surface area contributed by atoms with Crippen LogP contribution in [-0.4, -0.2) is 41.7 Å². The highest BCUT2D eigenvalue weighted by molar-refractivity contribution is 5.87. The van der Waals surface area contributed by atoms with Crippen LogP contribution in [-0.2, 0) is 30.0 Å². The molecule has 0 radical (unpaired) electrons. The second-order valence-electron chi connectivity index (χ2n) is 7.23. The van der Waals surface area contributed by atoms with Gasteiger partial charge in [-0.05, 0) is 44.9 Å². The van der Waals surface area contributed by atoms with E-state index in [-0.39, 0.29) is 18.4 Å². The molecule has 0 aliphatic heterocycles. The van der Waals surface area contributed by atoms with Gasteiger partial charge in [-0.15, -0.1) is 0 Å². The Hall–Kier alpha value is -2.62. The number of methoxy groups -OCH3 is 1. The topological polar surface area (TPSA) is 102 Å². The van der Waals surface area contributed by atoms with Gasteiger partial charge in [0.15, 0.2) is 6.10 Å². The number of ether oxygens (including phenoxy) is 2. The van der Waals surface area contributed by atoms with Crippen molar-refractivity contribution in [1.82, 2.24) is 5.32 Å². The number of hydrogen-bond donors (Lipinski definition) is 2. The monoisotopic (exact) mass is 419 g/mol. The molecule has 1 amide bonds. The number of nitrogens with one attached hydrogen (secondary N) is 1. The Bertz CT molecular complexity index is 725. The van der Waals surface area contributed by atoms with Crippen LogP contribution < -0.4 is 5.32 Å². The Labute approximate surface area is 166 Å². The average Bonchev–Trinajstić information content (AvgIpc) is 2.61. The molecule has 1 aromatic rings. The lowest BCUT2D eigenvalue weighted by molar-refractivity contribution is -0.155. The Morgan fingerprint density at radius 3 is 2.10 bits per heavy atom. The summed E-state index contributed by atoms with van der Waals surface area (Å²) in [6.45, 7) is 5.01. The van der Waals surface area contributed by atoms with E-state index in [0.717, 1.165) is 31.4 Å². The molecule has 1 aromatic carbocycles. The van der Waals surface area contributed by atoms with Crippen molar-refractivity contribution in [3.05, 3.63) is 35.4 Å². The minimum absolute atomic E-state index is 0.0914. The molecular weight excluding hydrogens is 395 g/mol. The summed E-state index contributed by atoms with van der Waals surface area (Å²) >= 11 is 0. The number of benzene rings is 1. The summed E-state index contributed by atoms with van der Waals surface area (Å²) in [7, 11) is 1.08. The molecule has 0 aliphatic rings. The first-order valence-corrected chi connectivity index (χ1v) is 8.70. The lowest BCUT2D eigenvalue weighted by Crippen LogP contribution is -2.44. The third-order valence-electron chi connectivity index (χ3n) is 3.66. The van der Waals surface area contributed by atoms with E-state index in [2.05, 4.69) is 10.1 Å². The number of aliphatic hydroxyl groups excluding tert-OH is 1. The van der Waals surface area contributed by atoms with Crippen molar-refractivity contribution in [3.8, 4) is 0 Å². The maximum absolute atomic E-state index is 12.6. The lowest BCUT2D eigenvalue weighted by atomic mass is 10.0. The smallest absolute Gasteiger partial charge is 0.416 e.